The van der Waals surface area contributed by atoms with E-state index in [4.69, 9.17) is 5.11 Å². The Kier molecular flexibility index (Phi) is 4.16. The maximum Gasteiger partial charge on any atom is 0.347 e. The molecule has 0 saturated carbocycles. The molecule has 0 saturated heterocycles. The summed E-state index contributed by atoms with van der Waals surface area (Å²) in [6, 6.07) is 10.1. The van der Waals surface area contributed by atoms with Gasteiger partial charge in [0.1, 0.15) is 9.88 Å². The summed E-state index contributed by atoms with van der Waals surface area (Å²) in [4.78, 5) is 17.9. The van der Waals surface area contributed by atoms with Crippen molar-refractivity contribution in [2.75, 3.05) is 11.4 Å². The van der Waals surface area contributed by atoms with Crippen LogP contribution in [0.2, 0.25) is 0 Å². The second kappa shape index (κ2) is 5.84. The fourth-order valence-corrected chi connectivity index (χ4v) is 2.83. The molecule has 2 rings (SSSR count). The molecule has 19 heavy (non-hydrogen) atoms. The lowest BCUT2D eigenvalue weighted by atomic mass is 10.3. The maximum atomic E-state index is 11.0. The van der Waals surface area contributed by atoms with E-state index in [0.717, 1.165) is 17.2 Å². The van der Waals surface area contributed by atoms with Gasteiger partial charge in [0.25, 0.3) is 0 Å². The second-order valence-electron chi connectivity index (χ2n) is 4.18. The fourth-order valence-electron chi connectivity index (χ4n) is 1.91. The van der Waals surface area contributed by atoms with Gasteiger partial charge in [0.05, 0.1) is 12.2 Å². The van der Waals surface area contributed by atoms with Crippen molar-refractivity contribution in [2.24, 2.45) is 0 Å². The molecule has 0 amide bonds. The van der Waals surface area contributed by atoms with Crippen LogP contribution >= 0.6 is 11.3 Å². The predicted molar refractivity (Wildman–Crippen MR) is 77.0 cm³/mol. The monoisotopic (exact) mass is 276 g/mol. The number of nitrogens with zero attached hydrogens (tertiary/aromatic N) is 2. The molecule has 1 N–H and O–H groups in total. The van der Waals surface area contributed by atoms with Crippen molar-refractivity contribution in [3.63, 3.8) is 0 Å². The Hall–Kier alpha value is -1.88. The number of anilines is 1. The first kappa shape index (κ1) is 13.5. The molecule has 1 heterocycles. The summed E-state index contributed by atoms with van der Waals surface area (Å²) in [6.07, 6.45) is 0. The second-order valence-corrected chi connectivity index (χ2v) is 5.26. The molecule has 1 aromatic heterocycles. The molecule has 0 spiro atoms. The highest BCUT2D eigenvalue weighted by molar-refractivity contribution is 7.13. The summed E-state index contributed by atoms with van der Waals surface area (Å²) in [6.45, 7) is 5.30. The summed E-state index contributed by atoms with van der Waals surface area (Å²) in [5, 5.41) is 9.88. The van der Waals surface area contributed by atoms with Gasteiger partial charge < -0.3 is 10.0 Å². The van der Waals surface area contributed by atoms with Crippen LogP contribution in [0.25, 0.3) is 0 Å². The normalized spacial score (nSPS) is 10.4. The average molecular weight is 276 g/mol. The Bertz CT molecular complexity index is 566. The summed E-state index contributed by atoms with van der Waals surface area (Å²) in [5.41, 5.74) is 1.71. The molecular formula is C14H16N2O2S. The first-order chi connectivity index (χ1) is 9.11. The molecule has 1 aromatic carbocycles. The van der Waals surface area contributed by atoms with Gasteiger partial charge in [-0.2, -0.15) is 0 Å². The first-order valence-electron chi connectivity index (χ1n) is 6.11. The third-order valence-electron chi connectivity index (χ3n) is 2.86. The highest BCUT2D eigenvalue weighted by Crippen LogP contribution is 2.22. The minimum absolute atomic E-state index is 0.333. The van der Waals surface area contributed by atoms with Crippen LogP contribution in [-0.4, -0.2) is 22.6 Å². The predicted octanol–water partition coefficient (Wildman–Crippen LogP) is 3.18. The molecule has 2 aromatic rings. The van der Waals surface area contributed by atoms with Gasteiger partial charge >= 0.3 is 5.97 Å². The lowest BCUT2D eigenvalue weighted by Gasteiger charge is -2.21. The van der Waals surface area contributed by atoms with E-state index in [1.54, 1.807) is 6.92 Å². The van der Waals surface area contributed by atoms with Gasteiger partial charge in [-0.3, -0.25) is 0 Å². The smallest absolute Gasteiger partial charge is 0.347 e. The topological polar surface area (TPSA) is 53.4 Å². The van der Waals surface area contributed by atoms with E-state index < -0.39 is 5.97 Å². The third kappa shape index (κ3) is 3.12. The van der Waals surface area contributed by atoms with E-state index in [1.807, 2.05) is 30.3 Å². The minimum Gasteiger partial charge on any atom is -0.477 e. The molecule has 4 nitrogen and oxygen atoms in total. The van der Waals surface area contributed by atoms with Crippen molar-refractivity contribution in [1.82, 2.24) is 4.98 Å². The molecule has 0 aliphatic carbocycles. The van der Waals surface area contributed by atoms with Crippen molar-refractivity contribution in [3.05, 3.63) is 45.9 Å². The highest BCUT2D eigenvalue weighted by atomic mass is 32.1. The van der Waals surface area contributed by atoms with Gasteiger partial charge in [0.15, 0.2) is 0 Å². The minimum atomic E-state index is -0.899. The van der Waals surface area contributed by atoms with E-state index in [9.17, 15) is 4.79 Å². The number of carboxylic acids is 1. The Labute approximate surface area is 116 Å². The van der Waals surface area contributed by atoms with E-state index >= 15 is 0 Å². The number of para-hydroxylation sites is 1. The number of rotatable bonds is 5. The SMILES string of the molecule is CCN(Cc1nc(C)c(C(=O)O)s1)c1ccccc1. The molecule has 5 heteroatoms. The van der Waals surface area contributed by atoms with Crippen LogP contribution in [0.4, 0.5) is 5.69 Å². The van der Waals surface area contributed by atoms with Crippen LogP contribution < -0.4 is 4.90 Å². The number of hydrogen-bond acceptors (Lipinski definition) is 4. The first-order valence-corrected chi connectivity index (χ1v) is 6.93. The number of aromatic carboxylic acids is 1. The molecule has 0 aliphatic rings. The quantitative estimate of drug-likeness (QED) is 0.911. The Balaban J connectivity index is 2.19. The standard InChI is InChI=1S/C14H16N2O2S/c1-3-16(11-7-5-4-6-8-11)9-12-15-10(2)13(19-12)14(17)18/h4-8H,3,9H2,1-2H3,(H,17,18). The number of aryl methyl sites for hydroxylation is 1. The zero-order valence-corrected chi connectivity index (χ0v) is 11.8. The van der Waals surface area contributed by atoms with Crippen molar-refractivity contribution in [2.45, 2.75) is 20.4 Å². The van der Waals surface area contributed by atoms with E-state index in [2.05, 4.69) is 16.8 Å². The molecule has 100 valence electrons. The van der Waals surface area contributed by atoms with Crippen LogP contribution in [0.3, 0.4) is 0 Å². The molecule has 0 unspecified atom stereocenters. The van der Waals surface area contributed by atoms with Crippen LogP contribution in [0.15, 0.2) is 30.3 Å². The lowest BCUT2D eigenvalue weighted by molar-refractivity contribution is 0.0701. The van der Waals surface area contributed by atoms with Gasteiger partial charge in [-0.25, -0.2) is 9.78 Å². The summed E-state index contributed by atoms with van der Waals surface area (Å²) in [5.74, 6) is -0.899. The van der Waals surface area contributed by atoms with E-state index in [1.165, 1.54) is 11.3 Å². The number of hydrogen-bond donors (Lipinski definition) is 1. The van der Waals surface area contributed by atoms with Gasteiger partial charge in [0.2, 0.25) is 0 Å². The van der Waals surface area contributed by atoms with Gasteiger partial charge in [-0.15, -0.1) is 11.3 Å². The Morgan fingerprint density at radius 2 is 2.05 bits per heavy atom. The number of benzene rings is 1. The van der Waals surface area contributed by atoms with Crippen LogP contribution in [0.1, 0.15) is 27.3 Å². The number of thiazole rings is 1. The molecule has 0 fully saturated rings. The Morgan fingerprint density at radius 3 is 2.58 bits per heavy atom. The largest absolute Gasteiger partial charge is 0.477 e. The number of carboxylic acid groups (broad SMARTS) is 1. The Morgan fingerprint density at radius 1 is 1.37 bits per heavy atom. The highest BCUT2D eigenvalue weighted by Gasteiger charge is 2.15. The lowest BCUT2D eigenvalue weighted by Crippen LogP contribution is -2.21. The molecule has 0 bridgehead atoms. The van der Waals surface area contributed by atoms with E-state index in [0.29, 0.717) is 17.1 Å². The molecule has 0 aliphatic heterocycles. The zero-order valence-electron chi connectivity index (χ0n) is 11.0. The van der Waals surface area contributed by atoms with Crippen LogP contribution in [-0.2, 0) is 6.54 Å². The van der Waals surface area contributed by atoms with E-state index in [-0.39, 0.29) is 0 Å². The van der Waals surface area contributed by atoms with Crippen molar-refractivity contribution < 1.29 is 9.90 Å². The zero-order chi connectivity index (χ0) is 13.8. The van der Waals surface area contributed by atoms with Crippen LogP contribution in [0.5, 0.6) is 0 Å². The summed E-state index contributed by atoms with van der Waals surface area (Å²) >= 11 is 1.25. The van der Waals surface area contributed by atoms with Crippen molar-refractivity contribution in [1.29, 1.82) is 0 Å². The fraction of sp³-hybridized carbons (Fsp3) is 0.286. The molecule has 0 atom stereocenters. The van der Waals surface area contributed by atoms with Crippen molar-refractivity contribution >= 4 is 23.0 Å². The summed E-state index contributed by atoms with van der Waals surface area (Å²) in [7, 11) is 0. The molecular weight excluding hydrogens is 260 g/mol. The van der Waals surface area contributed by atoms with Gasteiger partial charge in [-0.05, 0) is 26.0 Å². The maximum absolute atomic E-state index is 11.0. The van der Waals surface area contributed by atoms with Gasteiger partial charge in [-0.1, -0.05) is 18.2 Å². The third-order valence-corrected chi connectivity index (χ3v) is 3.99. The van der Waals surface area contributed by atoms with Crippen LogP contribution in [0, 0.1) is 6.92 Å². The van der Waals surface area contributed by atoms with Gasteiger partial charge in [0, 0.05) is 12.2 Å². The summed E-state index contributed by atoms with van der Waals surface area (Å²) < 4.78 is 0. The number of carbonyl (C=O) groups is 1. The van der Waals surface area contributed by atoms with Crippen molar-refractivity contribution in [3.8, 4) is 0 Å². The average Bonchev–Trinajstić information content (AvgIpc) is 2.78. The molecule has 0 radical (unpaired) electrons. The number of aromatic nitrogens is 1.